The van der Waals surface area contributed by atoms with Gasteiger partial charge in [-0.15, -0.1) is 0 Å². The van der Waals surface area contributed by atoms with Crippen molar-refractivity contribution in [1.29, 1.82) is 0 Å². The lowest BCUT2D eigenvalue weighted by molar-refractivity contribution is -0.141. The van der Waals surface area contributed by atoms with Gasteiger partial charge in [0.25, 0.3) is 0 Å². The molecule has 8 nitrogen and oxygen atoms in total. The second kappa shape index (κ2) is 9.37. The average Bonchev–Trinajstić information content (AvgIpc) is 3.58. The first-order valence-electron chi connectivity index (χ1n) is 12.8. The smallest absolute Gasteiger partial charge is 0.434 e. The van der Waals surface area contributed by atoms with Crippen LogP contribution in [-0.2, 0) is 17.5 Å². The molecule has 3 fully saturated rings. The largest absolute Gasteiger partial charge is 0.478 e. The maximum Gasteiger partial charge on any atom is 0.434 e. The molecule has 2 bridgehead atoms. The third kappa shape index (κ3) is 4.53. The summed E-state index contributed by atoms with van der Waals surface area (Å²) >= 11 is 0. The number of alkyl halides is 3. The lowest BCUT2D eigenvalue weighted by Gasteiger charge is -2.39. The molecule has 200 valence electrons. The highest BCUT2D eigenvalue weighted by molar-refractivity contribution is 5.88. The van der Waals surface area contributed by atoms with Crippen LogP contribution in [0.5, 0.6) is 0 Å². The monoisotopic (exact) mass is 528 g/mol. The number of halogens is 3. The first-order chi connectivity index (χ1) is 18.2. The molecule has 1 N–H and O–H groups in total. The van der Waals surface area contributed by atoms with Crippen molar-refractivity contribution in [3.8, 4) is 11.3 Å². The van der Waals surface area contributed by atoms with Crippen molar-refractivity contribution in [2.75, 3.05) is 4.90 Å². The van der Waals surface area contributed by atoms with Crippen LogP contribution in [0.1, 0.15) is 77.4 Å². The second-order valence-electron chi connectivity index (χ2n) is 10.4. The topological polar surface area (TPSA) is 102 Å². The van der Waals surface area contributed by atoms with E-state index in [2.05, 4.69) is 15.1 Å². The summed E-state index contributed by atoms with van der Waals surface area (Å²) in [4.78, 5) is 20.8. The Morgan fingerprint density at radius 1 is 1.16 bits per heavy atom. The number of fused-ring (bicyclic) bond motifs is 2. The van der Waals surface area contributed by atoms with Gasteiger partial charge in [0.1, 0.15) is 17.0 Å². The van der Waals surface area contributed by atoms with E-state index in [4.69, 9.17) is 14.4 Å². The summed E-state index contributed by atoms with van der Waals surface area (Å²) in [5.74, 6) is -0.533. The molecule has 38 heavy (non-hydrogen) atoms. The fourth-order valence-electron chi connectivity index (χ4n) is 5.84. The van der Waals surface area contributed by atoms with E-state index < -0.39 is 23.4 Å². The summed E-state index contributed by atoms with van der Waals surface area (Å²) in [6.45, 7) is 2.39. The molecule has 1 saturated carbocycles. The highest BCUT2D eigenvalue weighted by atomic mass is 19.4. The number of ether oxygens (including phenoxy) is 1. The van der Waals surface area contributed by atoms with Crippen LogP contribution in [0.4, 0.5) is 19.1 Å². The Labute approximate surface area is 216 Å². The van der Waals surface area contributed by atoms with Crippen LogP contribution in [0.15, 0.2) is 35.0 Å². The zero-order valence-electron chi connectivity index (χ0n) is 20.7. The van der Waals surface area contributed by atoms with Crippen LogP contribution in [-0.4, -0.2) is 44.4 Å². The number of carboxylic acids is 1. The minimum Gasteiger partial charge on any atom is -0.478 e. The van der Waals surface area contributed by atoms with Crippen molar-refractivity contribution in [1.82, 2.24) is 15.1 Å². The van der Waals surface area contributed by atoms with Crippen molar-refractivity contribution in [3.63, 3.8) is 0 Å². The third-order valence-electron chi connectivity index (χ3n) is 7.83. The number of carboxylic acid groups (broad SMARTS) is 1. The Balaban J connectivity index is 1.20. The minimum atomic E-state index is -4.89. The fourth-order valence-corrected chi connectivity index (χ4v) is 5.84. The molecule has 2 aliphatic heterocycles. The van der Waals surface area contributed by atoms with E-state index in [1.165, 1.54) is 0 Å². The molecule has 3 atom stereocenters. The van der Waals surface area contributed by atoms with E-state index in [9.17, 15) is 18.0 Å². The van der Waals surface area contributed by atoms with Gasteiger partial charge in [0.15, 0.2) is 5.69 Å². The summed E-state index contributed by atoms with van der Waals surface area (Å²) < 4.78 is 52.8. The third-order valence-corrected chi connectivity index (χ3v) is 7.83. The molecule has 1 aromatic carbocycles. The minimum absolute atomic E-state index is 0.0785. The predicted molar refractivity (Wildman–Crippen MR) is 130 cm³/mol. The van der Waals surface area contributed by atoms with E-state index in [0.29, 0.717) is 25.4 Å². The molecule has 0 radical (unpaired) electrons. The molecule has 1 aliphatic carbocycles. The van der Waals surface area contributed by atoms with E-state index in [0.717, 1.165) is 60.0 Å². The summed E-state index contributed by atoms with van der Waals surface area (Å²) in [7, 11) is 0. The number of hydrogen-bond acceptors (Lipinski definition) is 7. The molecular weight excluding hydrogens is 501 g/mol. The highest BCUT2D eigenvalue weighted by Crippen LogP contribution is 2.45. The zero-order chi connectivity index (χ0) is 26.6. The molecule has 0 amide bonds. The van der Waals surface area contributed by atoms with Gasteiger partial charge in [-0.05, 0) is 51.0 Å². The maximum atomic E-state index is 13.5. The van der Waals surface area contributed by atoms with Crippen molar-refractivity contribution >= 4 is 11.9 Å². The fraction of sp³-hybridized carbons (Fsp3) is 0.481. The number of rotatable bonds is 7. The lowest BCUT2D eigenvalue weighted by atomic mass is 9.99. The molecular formula is C27H27F3N4O4. The normalized spacial score (nSPS) is 23.2. The Bertz CT molecular complexity index is 1360. The number of piperidine rings is 1. The number of aryl methyl sites for hydroxylation is 1. The van der Waals surface area contributed by atoms with E-state index >= 15 is 0 Å². The van der Waals surface area contributed by atoms with Gasteiger partial charge in [-0.3, -0.25) is 0 Å². The number of carbonyl (C=O) groups is 1. The zero-order valence-corrected chi connectivity index (χ0v) is 20.7. The van der Waals surface area contributed by atoms with Crippen molar-refractivity contribution in [2.45, 2.75) is 82.3 Å². The SMILES string of the molecule is Cc1ccccc1-c1noc(C2CC2)c1COC1CC2CC[C@@H](C1)N2c1ncc(C(=O)O)c(C(F)(F)F)n1. The van der Waals surface area contributed by atoms with Crippen LogP contribution in [0.3, 0.4) is 0 Å². The Kier molecular flexibility index (Phi) is 6.13. The molecule has 2 aromatic heterocycles. The van der Waals surface area contributed by atoms with Gasteiger partial charge in [0.05, 0.1) is 12.7 Å². The first-order valence-corrected chi connectivity index (χ1v) is 12.8. The summed E-state index contributed by atoms with van der Waals surface area (Å²) in [5.41, 5.74) is 1.52. The number of aromatic carboxylic acids is 1. The number of hydrogen-bond donors (Lipinski definition) is 1. The van der Waals surface area contributed by atoms with Gasteiger partial charge in [-0.1, -0.05) is 29.4 Å². The van der Waals surface area contributed by atoms with Crippen molar-refractivity contribution < 1.29 is 32.3 Å². The van der Waals surface area contributed by atoms with Crippen LogP contribution >= 0.6 is 0 Å². The number of benzene rings is 1. The lowest BCUT2D eigenvalue weighted by Crippen LogP contribution is -2.46. The van der Waals surface area contributed by atoms with Crippen LogP contribution < -0.4 is 4.90 Å². The molecule has 6 rings (SSSR count). The van der Waals surface area contributed by atoms with E-state index in [-0.39, 0.29) is 24.1 Å². The van der Waals surface area contributed by atoms with Crippen LogP contribution in [0.2, 0.25) is 0 Å². The van der Waals surface area contributed by atoms with Gasteiger partial charge in [0, 0.05) is 35.3 Å². The predicted octanol–water partition coefficient (Wildman–Crippen LogP) is 5.75. The van der Waals surface area contributed by atoms with Crippen LogP contribution in [0.25, 0.3) is 11.3 Å². The molecule has 3 aromatic rings. The molecule has 4 heterocycles. The van der Waals surface area contributed by atoms with Crippen molar-refractivity contribution in [3.05, 3.63) is 58.6 Å². The number of anilines is 1. The summed E-state index contributed by atoms with van der Waals surface area (Å²) in [5, 5.41) is 13.6. The molecule has 2 unspecified atom stereocenters. The first kappa shape index (κ1) is 24.8. The molecule has 3 aliphatic rings. The number of aromatic nitrogens is 3. The standard InChI is InChI=1S/C27H27F3N4O4/c1-14-4-2-3-5-19(14)22-21(23(38-33-22)15-6-7-15)13-37-18-10-16-8-9-17(11-18)34(16)26-31-12-20(25(35)36)24(32-26)27(28,29)30/h2-5,12,15-18H,6-11,13H2,1H3,(H,35,36)/t16-,17?,18?/m0/s1. The van der Waals surface area contributed by atoms with Gasteiger partial charge in [-0.25, -0.2) is 14.8 Å². The Morgan fingerprint density at radius 3 is 2.50 bits per heavy atom. The average molecular weight is 529 g/mol. The maximum absolute atomic E-state index is 13.5. The summed E-state index contributed by atoms with van der Waals surface area (Å²) in [6, 6.07) is 7.84. The van der Waals surface area contributed by atoms with Gasteiger partial charge in [0.2, 0.25) is 5.95 Å². The summed E-state index contributed by atoms with van der Waals surface area (Å²) in [6.07, 6.45) is 0.715. The molecule has 2 saturated heterocycles. The molecule has 11 heteroatoms. The quantitative estimate of drug-likeness (QED) is 0.414. The van der Waals surface area contributed by atoms with Crippen molar-refractivity contribution in [2.24, 2.45) is 0 Å². The van der Waals surface area contributed by atoms with Gasteiger partial charge < -0.3 is 19.3 Å². The van der Waals surface area contributed by atoms with Crippen LogP contribution in [0, 0.1) is 6.92 Å². The number of nitrogens with zero attached hydrogens (tertiary/aromatic N) is 4. The van der Waals surface area contributed by atoms with Gasteiger partial charge in [-0.2, -0.15) is 13.2 Å². The van der Waals surface area contributed by atoms with Gasteiger partial charge >= 0.3 is 12.1 Å². The Morgan fingerprint density at radius 2 is 1.87 bits per heavy atom. The highest BCUT2D eigenvalue weighted by Gasteiger charge is 2.45. The molecule has 0 spiro atoms. The van der Waals surface area contributed by atoms with E-state index in [1.807, 2.05) is 36.1 Å². The second-order valence-corrected chi connectivity index (χ2v) is 10.4. The Hall–Kier alpha value is -3.47. The van der Waals surface area contributed by atoms with E-state index in [1.54, 1.807) is 0 Å².